The lowest BCUT2D eigenvalue weighted by Crippen LogP contribution is -2.01. The first-order valence-electron chi connectivity index (χ1n) is 4.41. The minimum Gasteiger partial charge on any atom is -0.490 e. The van der Waals surface area contributed by atoms with E-state index in [2.05, 4.69) is 6.58 Å². The van der Waals surface area contributed by atoms with Crippen LogP contribution < -0.4 is 4.74 Å². The van der Waals surface area contributed by atoms with E-state index in [1.165, 1.54) is 12.1 Å². The van der Waals surface area contributed by atoms with Gasteiger partial charge in [-0.3, -0.25) is 0 Å². The summed E-state index contributed by atoms with van der Waals surface area (Å²) in [6.07, 6.45) is 2.27. The number of halogens is 1. The van der Waals surface area contributed by atoms with Gasteiger partial charge in [-0.2, -0.15) is 0 Å². The molecule has 0 unspecified atom stereocenters. The first-order chi connectivity index (χ1) is 7.15. The molecular weight excluding hydrogens is 199 g/mol. The maximum absolute atomic E-state index is 13.2. The first kappa shape index (κ1) is 11.2. The quantitative estimate of drug-likeness (QED) is 0.599. The van der Waals surface area contributed by atoms with E-state index in [4.69, 9.17) is 9.84 Å². The van der Waals surface area contributed by atoms with Gasteiger partial charge in [-0.25, -0.2) is 9.18 Å². The van der Waals surface area contributed by atoms with Crippen molar-refractivity contribution in [1.82, 2.24) is 0 Å². The topological polar surface area (TPSA) is 46.5 Å². The van der Waals surface area contributed by atoms with Crippen LogP contribution in [0.15, 0.2) is 30.9 Å². The average molecular weight is 210 g/mol. The van der Waals surface area contributed by atoms with Gasteiger partial charge in [-0.05, 0) is 24.6 Å². The van der Waals surface area contributed by atoms with E-state index in [1.807, 2.05) is 0 Å². The number of benzene rings is 1. The molecule has 15 heavy (non-hydrogen) atoms. The number of carbonyl (C=O) groups is 1. The summed E-state index contributed by atoms with van der Waals surface area (Å²) >= 11 is 0. The van der Waals surface area contributed by atoms with Gasteiger partial charge in [0.1, 0.15) is 0 Å². The van der Waals surface area contributed by atoms with Gasteiger partial charge >= 0.3 is 5.97 Å². The van der Waals surface area contributed by atoms with Crippen LogP contribution in [-0.2, 0) is 0 Å². The van der Waals surface area contributed by atoms with Crippen LogP contribution in [0.2, 0.25) is 0 Å². The highest BCUT2D eigenvalue weighted by molar-refractivity contribution is 5.87. The standard InChI is InChI=1S/C11H11FO3/c1-2-3-6-15-10-5-4-8(11(13)14)7-9(10)12/h2,4-5,7H,1,3,6H2,(H,13,14). The molecule has 0 saturated heterocycles. The zero-order valence-electron chi connectivity index (χ0n) is 8.07. The van der Waals surface area contributed by atoms with Gasteiger partial charge in [0.05, 0.1) is 12.2 Å². The second-order valence-corrected chi connectivity index (χ2v) is 2.88. The third-order valence-electron chi connectivity index (χ3n) is 1.76. The highest BCUT2D eigenvalue weighted by atomic mass is 19.1. The molecule has 1 aromatic rings. The normalized spacial score (nSPS) is 9.67. The number of ether oxygens (including phenoxy) is 1. The molecule has 0 fully saturated rings. The molecule has 1 rings (SSSR count). The SMILES string of the molecule is C=CCCOc1ccc(C(=O)O)cc1F. The summed E-state index contributed by atoms with van der Waals surface area (Å²) in [6, 6.07) is 3.54. The van der Waals surface area contributed by atoms with Crippen molar-refractivity contribution in [3.8, 4) is 5.75 Å². The van der Waals surface area contributed by atoms with Crippen LogP contribution in [0.5, 0.6) is 5.75 Å². The van der Waals surface area contributed by atoms with Gasteiger partial charge in [-0.15, -0.1) is 6.58 Å². The highest BCUT2D eigenvalue weighted by Gasteiger charge is 2.08. The predicted molar refractivity (Wildman–Crippen MR) is 53.7 cm³/mol. The van der Waals surface area contributed by atoms with Gasteiger partial charge in [0, 0.05) is 0 Å². The minimum atomic E-state index is -1.16. The van der Waals surface area contributed by atoms with Crippen LogP contribution in [-0.4, -0.2) is 17.7 Å². The molecular formula is C11H11FO3. The monoisotopic (exact) mass is 210 g/mol. The van der Waals surface area contributed by atoms with E-state index in [0.29, 0.717) is 13.0 Å². The summed E-state index contributed by atoms with van der Waals surface area (Å²) in [7, 11) is 0. The summed E-state index contributed by atoms with van der Waals surface area (Å²) in [5, 5.41) is 8.59. The summed E-state index contributed by atoms with van der Waals surface area (Å²) in [6.45, 7) is 3.83. The third kappa shape index (κ3) is 3.09. The molecule has 0 radical (unpaired) electrons. The molecule has 4 heteroatoms. The van der Waals surface area contributed by atoms with Crippen molar-refractivity contribution in [3.63, 3.8) is 0 Å². The van der Waals surface area contributed by atoms with Gasteiger partial charge in [0.25, 0.3) is 0 Å². The molecule has 0 aliphatic carbocycles. The molecule has 3 nitrogen and oxygen atoms in total. The Bertz CT molecular complexity index is 374. The summed E-state index contributed by atoms with van der Waals surface area (Å²) in [5.74, 6) is -1.77. The summed E-state index contributed by atoms with van der Waals surface area (Å²) in [4.78, 5) is 10.5. The van der Waals surface area contributed by atoms with Crippen LogP contribution in [0.3, 0.4) is 0 Å². The second-order valence-electron chi connectivity index (χ2n) is 2.88. The number of aromatic carboxylic acids is 1. The molecule has 0 heterocycles. The maximum atomic E-state index is 13.2. The zero-order chi connectivity index (χ0) is 11.3. The second kappa shape index (κ2) is 5.14. The fourth-order valence-corrected chi connectivity index (χ4v) is 1.00. The lowest BCUT2D eigenvalue weighted by atomic mass is 10.2. The Morgan fingerprint density at radius 1 is 1.60 bits per heavy atom. The van der Waals surface area contributed by atoms with Crippen molar-refractivity contribution in [2.24, 2.45) is 0 Å². The maximum Gasteiger partial charge on any atom is 0.335 e. The van der Waals surface area contributed by atoms with Crippen LogP contribution >= 0.6 is 0 Å². The smallest absolute Gasteiger partial charge is 0.335 e. The Hall–Kier alpha value is -1.84. The number of hydrogen-bond acceptors (Lipinski definition) is 2. The van der Waals surface area contributed by atoms with E-state index in [9.17, 15) is 9.18 Å². The number of carboxylic acid groups (broad SMARTS) is 1. The van der Waals surface area contributed by atoms with E-state index < -0.39 is 11.8 Å². The molecule has 0 bridgehead atoms. The number of rotatable bonds is 5. The van der Waals surface area contributed by atoms with Gasteiger partial charge in [0.15, 0.2) is 11.6 Å². The van der Waals surface area contributed by atoms with Crippen molar-refractivity contribution < 1.29 is 19.0 Å². The fourth-order valence-electron chi connectivity index (χ4n) is 1.00. The van der Waals surface area contributed by atoms with E-state index >= 15 is 0 Å². The van der Waals surface area contributed by atoms with Crippen molar-refractivity contribution in [2.45, 2.75) is 6.42 Å². The Kier molecular flexibility index (Phi) is 3.85. The molecule has 80 valence electrons. The van der Waals surface area contributed by atoms with Crippen LogP contribution in [0.4, 0.5) is 4.39 Å². The van der Waals surface area contributed by atoms with Crippen molar-refractivity contribution in [3.05, 3.63) is 42.2 Å². The van der Waals surface area contributed by atoms with E-state index in [1.54, 1.807) is 6.08 Å². The largest absolute Gasteiger partial charge is 0.490 e. The van der Waals surface area contributed by atoms with Crippen LogP contribution in [0, 0.1) is 5.82 Å². The lowest BCUT2D eigenvalue weighted by molar-refractivity contribution is 0.0696. The molecule has 0 aliphatic heterocycles. The number of carboxylic acids is 1. The van der Waals surface area contributed by atoms with E-state index in [0.717, 1.165) is 6.07 Å². The summed E-state index contributed by atoms with van der Waals surface area (Å²) < 4.78 is 18.3. The molecule has 0 spiro atoms. The van der Waals surface area contributed by atoms with Gasteiger partial charge < -0.3 is 9.84 Å². The van der Waals surface area contributed by atoms with E-state index in [-0.39, 0.29) is 11.3 Å². The fraction of sp³-hybridized carbons (Fsp3) is 0.182. The Morgan fingerprint density at radius 2 is 2.33 bits per heavy atom. The van der Waals surface area contributed by atoms with Gasteiger partial charge in [0.2, 0.25) is 0 Å². The minimum absolute atomic E-state index is 0.0573. The summed E-state index contributed by atoms with van der Waals surface area (Å²) in [5.41, 5.74) is -0.0939. The Labute approximate surface area is 86.8 Å². The highest BCUT2D eigenvalue weighted by Crippen LogP contribution is 2.18. The first-order valence-corrected chi connectivity index (χ1v) is 4.41. The molecule has 1 aromatic carbocycles. The molecule has 1 N–H and O–H groups in total. The lowest BCUT2D eigenvalue weighted by Gasteiger charge is -2.05. The molecule has 0 aromatic heterocycles. The van der Waals surface area contributed by atoms with Crippen molar-refractivity contribution in [1.29, 1.82) is 0 Å². The van der Waals surface area contributed by atoms with Crippen molar-refractivity contribution >= 4 is 5.97 Å². The van der Waals surface area contributed by atoms with Crippen LogP contribution in [0.25, 0.3) is 0 Å². The number of hydrogen-bond donors (Lipinski definition) is 1. The third-order valence-corrected chi connectivity index (χ3v) is 1.76. The molecule has 0 atom stereocenters. The van der Waals surface area contributed by atoms with Gasteiger partial charge in [-0.1, -0.05) is 6.08 Å². The predicted octanol–water partition coefficient (Wildman–Crippen LogP) is 2.48. The zero-order valence-corrected chi connectivity index (χ0v) is 8.07. The Balaban J connectivity index is 2.74. The van der Waals surface area contributed by atoms with Crippen molar-refractivity contribution in [2.75, 3.05) is 6.61 Å². The molecule has 0 aliphatic rings. The molecule has 0 amide bonds. The molecule has 0 saturated carbocycles. The Morgan fingerprint density at radius 3 is 2.87 bits per heavy atom. The average Bonchev–Trinajstić information content (AvgIpc) is 2.20. The van der Waals surface area contributed by atoms with Crippen LogP contribution in [0.1, 0.15) is 16.8 Å².